The van der Waals surface area contributed by atoms with Crippen molar-refractivity contribution < 1.29 is 29.0 Å². The van der Waals surface area contributed by atoms with Crippen LogP contribution in [0.1, 0.15) is 49.1 Å². The third-order valence-corrected chi connectivity index (χ3v) is 7.69. The Kier molecular flexibility index (Phi) is 6.47. The van der Waals surface area contributed by atoms with Crippen molar-refractivity contribution in [3.05, 3.63) is 59.7 Å². The standard InChI is InChI=1S/C27H30N2O6/c30-24(31)14-22(25(32)28-16-27-11-5-10-23(27)34-13-12-27)29-26(33)35-15-21-19-8-3-1-6-17(19)18-7-2-4-9-20(18)21/h1-4,6-9,21-23H,5,10-16H2,(H,28,32)(H,29,33)(H,30,31). The number of amides is 2. The predicted molar refractivity (Wildman–Crippen MR) is 128 cm³/mol. The molecule has 2 fully saturated rings. The lowest BCUT2D eigenvalue weighted by Crippen LogP contribution is -2.51. The Bertz CT molecular complexity index is 1080. The molecule has 3 aliphatic rings. The van der Waals surface area contributed by atoms with Gasteiger partial charge in [-0.1, -0.05) is 55.0 Å². The lowest BCUT2D eigenvalue weighted by molar-refractivity contribution is -0.139. The van der Waals surface area contributed by atoms with Crippen LogP contribution in [0.2, 0.25) is 0 Å². The number of hydrogen-bond acceptors (Lipinski definition) is 5. The van der Waals surface area contributed by atoms with Gasteiger partial charge in [0.25, 0.3) is 0 Å². The van der Waals surface area contributed by atoms with Gasteiger partial charge in [-0.2, -0.15) is 0 Å². The van der Waals surface area contributed by atoms with Crippen molar-refractivity contribution >= 4 is 18.0 Å². The van der Waals surface area contributed by atoms with Gasteiger partial charge in [0.05, 0.1) is 12.5 Å². The normalized spacial score (nSPS) is 23.1. The molecular formula is C27H30N2O6. The number of carboxylic acids is 1. The SMILES string of the molecule is O=C(O)CC(NC(=O)OCC1c2ccccc2-c2ccccc21)C(=O)NCC12CCCC1OCC2. The maximum atomic E-state index is 12.9. The maximum absolute atomic E-state index is 12.9. The number of rotatable bonds is 8. The molecule has 0 bridgehead atoms. The third kappa shape index (κ3) is 4.62. The van der Waals surface area contributed by atoms with Crippen molar-refractivity contribution in [3.8, 4) is 11.1 Å². The van der Waals surface area contributed by atoms with Crippen LogP contribution < -0.4 is 10.6 Å². The molecule has 1 saturated heterocycles. The zero-order valence-electron chi connectivity index (χ0n) is 19.5. The highest BCUT2D eigenvalue weighted by atomic mass is 16.5. The molecule has 184 valence electrons. The lowest BCUT2D eigenvalue weighted by Gasteiger charge is -2.28. The van der Waals surface area contributed by atoms with E-state index in [0.29, 0.717) is 13.2 Å². The van der Waals surface area contributed by atoms with E-state index < -0.39 is 30.4 Å². The molecule has 5 rings (SSSR count). The number of nitrogens with one attached hydrogen (secondary N) is 2. The van der Waals surface area contributed by atoms with E-state index in [1.807, 2.05) is 48.5 Å². The Hall–Kier alpha value is -3.39. The van der Waals surface area contributed by atoms with E-state index in [4.69, 9.17) is 9.47 Å². The fraction of sp³-hybridized carbons (Fsp3) is 0.444. The number of alkyl carbamates (subject to hydrolysis) is 1. The number of carboxylic acid groups (broad SMARTS) is 1. The number of benzene rings is 2. The van der Waals surface area contributed by atoms with Crippen LogP contribution in [-0.4, -0.2) is 55.0 Å². The average Bonchev–Trinajstić information content (AvgIpc) is 3.52. The van der Waals surface area contributed by atoms with Crippen LogP contribution in [-0.2, 0) is 19.1 Å². The van der Waals surface area contributed by atoms with Crippen LogP contribution in [0.4, 0.5) is 4.79 Å². The van der Waals surface area contributed by atoms with E-state index in [1.165, 1.54) is 0 Å². The number of carbonyl (C=O) groups is 3. The summed E-state index contributed by atoms with van der Waals surface area (Å²) >= 11 is 0. The fourth-order valence-corrected chi connectivity index (χ4v) is 5.90. The summed E-state index contributed by atoms with van der Waals surface area (Å²) in [5.74, 6) is -1.82. The van der Waals surface area contributed by atoms with Crippen LogP contribution in [0.25, 0.3) is 11.1 Å². The first kappa shape index (κ1) is 23.4. The summed E-state index contributed by atoms with van der Waals surface area (Å²) in [5, 5.41) is 14.6. The predicted octanol–water partition coefficient (Wildman–Crippen LogP) is 3.44. The molecule has 8 heteroatoms. The van der Waals surface area contributed by atoms with Gasteiger partial charge in [-0.3, -0.25) is 9.59 Å². The molecule has 35 heavy (non-hydrogen) atoms. The van der Waals surface area contributed by atoms with Gasteiger partial charge >= 0.3 is 12.1 Å². The number of hydrogen-bond donors (Lipinski definition) is 3. The highest BCUT2D eigenvalue weighted by molar-refractivity contribution is 5.89. The number of fused-ring (bicyclic) bond motifs is 4. The van der Waals surface area contributed by atoms with E-state index in [-0.39, 0.29) is 24.0 Å². The molecule has 3 atom stereocenters. The van der Waals surface area contributed by atoms with Crippen LogP contribution in [0.3, 0.4) is 0 Å². The van der Waals surface area contributed by atoms with Crippen LogP contribution in [0.15, 0.2) is 48.5 Å². The summed E-state index contributed by atoms with van der Waals surface area (Å²) in [5.41, 5.74) is 4.28. The van der Waals surface area contributed by atoms with Gasteiger partial charge in [0.15, 0.2) is 0 Å². The zero-order chi connectivity index (χ0) is 24.4. The van der Waals surface area contributed by atoms with Crippen molar-refractivity contribution in [2.24, 2.45) is 5.41 Å². The number of ether oxygens (including phenoxy) is 2. The van der Waals surface area contributed by atoms with Crippen molar-refractivity contribution in [1.29, 1.82) is 0 Å². The first-order valence-corrected chi connectivity index (χ1v) is 12.2. The number of aliphatic carboxylic acids is 1. The molecule has 2 aromatic carbocycles. The third-order valence-electron chi connectivity index (χ3n) is 7.69. The van der Waals surface area contributed by atoms with E-state index >= 15 is 0 Å². The number of carbonyl (C=O) groups excluding carboxylic acids is 2. The fourth-order valence-electron chi connectivity index (χ4n) is 5.90. The Labute approximate surface area is 204 Å². The molecule has 0 spiro atoms. The smallest absolute Gasteiger partial charge is 0.407 e. The van der Waals surface area contributed by atoms with E-state index in [9.17, 15) is 19.5 Å². The summed E-state index contributed by atoms with van der Waals surface area (Å²) in [4.78, 5) is 36.9. The Morgan fingerprint density at radius 1 is 1.06 bits per heavy atom. The molecule has 2 aliphatic carbocycles. The maximum Gasteiger partial charge on any atom is 0.407 e. The van der Waals surface area contributed by atoms with Gasteiger partial charge in [0.2, 0.25) is 5.91 Å². The lowest BCUT2D eigenvalue weighted by atomic mass is 9.82. The zero-order valence-corrected chi connectivity index (χ0v) is 19.5. The van der Waals surface area contributed by atoms with E-state index in [1.54, 1.807) is 0 Å². The van der Waals surface area contributed by atoms with Crippen molar-refractivity contribution in [2.45, 2.75) is 50.2 Å². The van der Waals surface area contributed by atoms with Crippen LogP contribution in [0, 0.1) is 5.41 Å². The molecule has 0 aromatic heterocycles. The quantitative estimate of drug-likeness (QED) is 0.536. The van der Waals surface area contributed by atoms with Crippen molar-refractivity contribution in [3.63, 3.8) is 0 Å². The van der Waals surface area contributed by atoms with Gasteiger partial charge in [-0.15, -0.1) is 0 Å². The highest BCUT2D eigenvalue weighted by Gasteiger charge is 2.47. The molecule has 3 N–H and O–H groups in total. The van der Waals surface area contributed by atoms with Crippen molar-refractivity contribution in [1.82, 2.24) is 10.6 Å². The van der Waals surface area contributed by atoms with Gasteiger partial charge in [-0.05, 0) is 41.5 Å². The minimum Gasteiger partial charge on any atom is -0.481 e. The molecule has 8 nitrogen and oxygen atoms in total. The van der Waals surface area contributed by atoms with Gasteiger partial charge in [0.1, 0.15) is 12.6 Å². The molecule has 1 saturated carbocycles. The molecule has 1 aliphatic heterocycles. The summed E-state index contributed by atoms with van der Waals surface area (Å²) < 4.78 is 11.3. The van der Waals surface area contributed by atoms with Crippen molar-refractivity contribution in [2.75, 3.05) is 19.8 Å². The topological polar surface area (TPSA) is 114 Å². The van der Waals surface area contributed by atoms with Gasteiger partial charge in [-0.25, -0.2) is 4.79 Å². The largest absolute Gasteiger partial charge is 0.481 e. The summed E-state index contributed by atoms with van der Waals surface area (Å²) in [6.07, 6.45) is 2.68. The Morgan fingerprint density at radius 3 is 2.43 bits per heavy atom. The Morgan fingerprint density at radius 2 is 1.74 bits per heavy atom. The summed E-state index contributed by atoms with van der Waals surface area (Å²) in [7, 11) is 0. The van der Waals surface area contributed by atoms with E-state index in [0.717, 1.165) is 47.9 Å². The first-order chi connectivity index (χ1) is 17.0. The second-order valence-electron chi connectivity index (χ2n) is 9.70. The monoisotopic (exact) mass is 478 g/mol. The minimum absolute atomic E-state index is 0.0867. The van der Waals surface area contributed by atoms with Crippen LogP contribution >= 0.6 is 0 Å². The molecule has 2 amide bonds. The molecule has 2 aromatic rings. The molecular weight excluding hydrogens is 448 g/mol. The molecule has 0 radical (unpaired) electrons. The second kappa shape index (κ2) is 9.70. The summed E-state index contributed by atoms with van der Waals surface area (Å²) in [6.45, 7) is 1.18. The molecule has 1 heterocycles. The minimum atomic E-state index is -1.22. The second-order valence-corrected chi connectivity index (χ2v) is 9.70. The average molecular weight is 479 g/mol. The highest BCUT2D eigenvalue weighted by Crippen LogP contribution is 2.47. The van der Waals surface area contributed by atoms with Gasteiger partial charge in [0, 0.05) is 24.5 Å². The molecule has 3 unspecified atom stereocenters. The van der Waals surface area contributed by atoms with E-state index in [2.05, 4.69) is 10.6 Å². The summed E-state index contributed by atoms with van der Waals surface area (Å²) in [6, 6.07) is 14.8. The first-order valence-electron chi connectivity index (χ1n) is 12.2. The Balaban J connectivity index is 1.21. The van der Waals surface area contributed by atoms with Gasteiger partial charge < -0.3 is 25.2 Å². The van der Waals surface area contributed by atoms with Crippen LogP contribution in [0.5, 0.6) is 0 Å².